The largest absolute Gasteiger partial charge is 0.300 e. The Morgan fingerprint density at radius 3 is 2.87 bits per heavy atom. The van der Waals surface area contributed by atoms with Crippen molar-refractivity contribution in [1.29, 1.82) is 0 Å². The number of carbonyl (C=O) groups is 1. The summed E-state index contributed by atoms with van der Waals surface area (Å²) >= 11 is 0. The molecule has 3 unspecified atom stereocenters. The first-order chi connectivity index (χ1) is 6.73. The molecular formula is C10H17ClN2O2. The summed E-state index contributed by atoms with van der Waals surface area (Å²) in [6, 6.07) is 0. The molecule has 0 saturated carbocycles. The Kier molecular flexibility index (Phi) is 2.69. The highest BCUT2D eigenvalue weighted by atomic mass is 35.5. The van der Waals surface area contributed by atoms with E-state index in [9.17, 15) is 4.79 Å². The number of amides is 1. The van der Waals surface area contributed by atoms with Crippen LogP contribution < -0.4 is 0 Å². The number of hydroxylamine groups is 2. The molecule has 4 nitrogen and oxygen atoms in total. The van der Waals surface area contributed by atoms with Gasteiger partial charge in [-0.1, -0.05) is 0 Å². The average Bonchev–Trinajstić information content (AvgIpc) is 2.80. The third-order valence-corrected chi connectivity index (χ3v) is 3.82. The van der Waals surface area contributed by atoms with E-state index in [1.165, 1.54) is 13.0 Å². The molecule has 5 heteroatoms. The van der Waals surface area contributed by atoms with Crippen LogP contribution in [0.4, 0.5) is 0 Å². The predicted molar refractivity (Wildman–Crippen MR) is 57.6 cm³/mol. The van der Waals surface area contributed by atoms with E-state index in [-0.39, 0.29) is 23.9 Å². The van der Waals surface area contributed by atoms with Crippen LogP contribution >= 0.6 is 12.4 Å². The lowest BCUT2D eigenvalue weighted by Gasteiger charge is -2.31. The van der Waals surface area contributed by atoms with Crippen LogP contribution in [-0.4, -0.2) is 47.7 Å². The van der Waals surface area contributed by atoms with E-state index in [4.69, 9.17) is 4.84 Å². The molecule has 3 heterocycles. The van der Waals surface area contributed by atoms with E-state index < -0.39 is 0 Å². The second kappa shape index (κ2) is 3.61. The van der Waals surface area contributed by atoms with Gasteiger partial charge in [-0.05, 0) is 19.9 Å². The number of hydrogen-bond donors (Lipinski definition) is 0. The monoisotopic (exact) mass is 232 g/mol. The van der Waals surface area contributed by atoms with Crippen molar-refractivity contribution in [2.24, 2.45) is 5.92 Å². The van der Waals surface area contributed by atoms with Crippen LogP contribution in [0.3, 0.4) is 0 Å². The smallest absolute Gasteiger partial charge is 0.249 e. The maximum Gasteiger partial charge on any atom is 0.249 e. The van der Waals surface area contributed by atoms with Gasteiger partial charge in [0.15, 0.2) is 0 Å². The summed E-state index contributed by atoms with van der Waals surface area (Å²) in [6.07, 6.45) is 1.80. The zero-order valence-corrected chi connectivity index (χ0v) is 9.76. The van der Waals surface area contributed by atoms with E-state index in [0.717, 1.165) is 13.1 Å². The van der Waals surface area contributed by atoms with Gasteiger partial charge >= 0.3 is 0 Å². The van der Waals surface area contributed by atoms with Crippen LogP contribution in [0.15, 0.2) is 0 Å². The predicted octanol–water partition coefficient (Wildman–Crippen LogP) is 0.666. The molecule has 1 spiro atoms. The number of halogens is 1. The quantitative estimate of drug-likeness (QED) is 0.666. The normalized spacial score (nSPS) is 42.7. The molecule has 3 aliphatic heterocycles. The standard InChI is InChI=1S/C10H16N2O2.ClH/c1-2-12-9(13)5-10(14-12)7-11-4-3-8(10)6-11;/h8H,2-7H2,1H3;1H. The molecule has 3 atom stereocenters. The average molecular weight is 233 g/mol. The highest BCUT2D eigenvalue weighted by molar-refractivity contribution is 5.85. The second-order valence-electron chi connectivity index (χ2n) is 4.64. The minimum atomic E-state index is -0.147. The summed E-state index contributed by atoms with van der Waals surface area (Å²) in [4.78, 5) is 19.9. The fourth-order valence-corrected chi connectivity index (χ4v) is 3.10. The number of nitrogens with zero attached hydrogens (tertiary/aromatic N) is 2. The molecule has 0 aromatic rings. The molecular weight excluding hydrogens is 216 g/mol. The van der Waals surface area contributed by atoms with Gasteiger partial charge in [-0.25, -0.2) is 5.06 Å². The first kappa shape index (κ1) is 11.2. The molecule has 0 radical (unpaired) electrons. The van der Waals surface area contributed by atoms with Crippen molar-refractivity contribution < 1.29 is 9.63 Å². The van der Waals surface area contributed by atoms with Gasteiger partial charge in [0.2, 0.25) is 5.91 Å². The molecule has 3 saturated heterocycles. The third kappa shape index (κ3) is 1.47. The van der Waals surface area contributed by atoms with Crippen LogP contribution in [0.5, 0.6) is 0 Å². The second-order valence-corrected chi connectivity index (χ2v) is 4.64. The summed E-state index contributed by atoms with van der Waals surface area (Å²) in [5.41, 5.74) is -0.147. The lowest BCUT2D eigenvalue weighted by molar-refractivity contribution is -0.207. The maximum atomic E-state index is 11.6. The van der Waals surface area contributed by atoms with E-state index in [2.05, 4.69) is 4.90 Å². The van der Waals surface area contributed by atoms with Crippen LogP contribution in [0.2, 0.25) is 0 Å². The number of rotatable bonds is 1. The first-order valence-corrected chi connectivity index (χ1v) is 5.45. The molecule has 0 aromatic carbocycles. The fraction of sp³-hybridized carbons (Fsp3) is 0.900. The number of piperidine rings is 1. The minimum absolute atomic E-state index is 0. The van der Waals surface area contributed by atoms with E-state index >= 15 is 0 Å². The van der Waals surface area contributed by atoms with Gasteiger partial charge in [0.25, 0.3) is 0 Å². The van der Waals surface area contributed by atoms with Crippen LogP contribution in [0, 0.1) is 5.92 Å². The van der Waals surface area contributed by atoms with Crippen LogP contribution in [0.1, 0.15) is 19.8 Å². The molecule has 15 heavy (non-hydrogen) atoms. The maximum absolute atomic E-state index is 11.6. The highest BCUT2D eigenvalue weighted by Crippen LogP contribution is 2.45. The van der Waals surface area contributed by atoms with E-state index in [0.29, 0.717) is 18.9 Å². The summed E-state index contributed by atoms with van der Waals surface area (Å²) in [5, 5.41) is 1.54. The summed E-state index contributed by atoms with van der Waals surface area (Å²) in [5.74, 6) is 0.754. The Hall–Kier alpha value is -0.320. The minimum Gasteiger partial charge on any atom is -0.300 e. The molecule has 0 N–H and O–H groups in total. The lowest BCUT2D eigenvalue weighted by Crippen LogP contribution is -2.43. The molecule has 0 aromatic heterocycles. The van der Waals surface area contributed by atoms with Crippen molar-refractivity contribution in [3.8, 4) is 0 Å². The Morgan fingerprint density at radius 1 is 1.60 bits per heavy atom. The van der Waals surface area contributed by atoms with Gasteiger partial charge in [-0.15, -0.1) is 12.4 Å². The Labute approximate surface area is 95.9 Å². The SMILES string of the molecule is CCN1OC2(CC1=O)CN1CCC2C1.Cl. The van der Waals surface area contributed by atoms with E-state index in [1.54, 1.807) is 5.06 Å². The lowest BCUT2D eigenvalue weighted by atomic mass is 9.85. The molecule has 86 valence electrons. The molecule has 3 fully saturated rings. The molecule has 3 aliphatic rings. The Balaban J connectivity index is 0.000000853. The van der Waals surface area contributed by atoms with Gasteiger partial charge in [-0.3, -0.25) is 14.5 Å². The Morgan fingerprint density at radius 2 is 2.40 bits per heavy atom. The zero-order valence-electron chi connectivity index (χ0n) is 8.94. The van der Waals surface area contributed by atoms with Gasteiger partial charge in [0.1, 0.15) is 5.60 Å². The first-order valence-electron chi connectivity index (χ1n) is 5.45. The van der Waals surface area contributed by atoms with Crippen LogP contribution in [-0.2, 0) is 9.63 Å². The van der Waals surface area contributed by atoms with Gasteiger partial charge in [0.05, 0.1) is 6.42 Å². The van der Waals surface area contributed by atoms with Gasteiger partial charge in [0, 0.05) is 25.6 Å². The Bertz CT molecular complexity index is 287. The topological polar surface area (TPSA) is 32.8 Å². The zero-order chi connectivity index (χ0) is 9.76. The van der Waals surface area contributed by atoms with Crippen molar-refractivity contribution in [2.45, 2.75) is 25.4 Å². The molecule has 1 amide bonds. The molecule has 0 aliphatic carbocycles. The fourth-order valence-electron chi connectivity index (χ4n) is 3.10. The van der Waals surface area contributed by atoms with Gasteiger partial charge < -0.3 is 0 Å². The number of hydrogen-bond acceptors (Lipinski definition) is 3. The number of fused-ring (bicyclic) bond motifs is 3. The van der Waals surface area contributed by atoms with E-state index in [1.807, 2.05) is 6.92 Å². The van der Waals surface area contributed by atoms with Crippen molar-refractivity contribution in [1.82, 2.24) is 9.96 Å². The van der Waals surface area contributed by atoms with Crippen molar-refractivity contribution in [3.63, 3.8) is 0 Å². The summed E-state index contributed by atoms with van der Waals surface area (Å²) in [6.45, 7) is 5.92. The van der Waals surface area contributed by atoms with Gasteiger partial charge in [-0.2, -0.15) is 0 Å². The van der Waals surface area contributed by atoms with Crippen molar-refractivity contribution in [3.05, 3.63) is 0 Å². The molecule has 3 rings (SSSR count). The number of carbonyl (C=O) groups excluding carboxylic acids is 1. The van der Waals surface area contributed by atoms with Crippen molar-refractivity contribution in [2.75, 3.05) is 26.2 Å². The third-order valence-electron chi connectivity index (χ3n) is 3.82. The van der Waals surface area contributed by atoms with Crippen molar-refractivity contribution >= 4 is 18.3 Å². The summed E-state index contributed by atoms with van der Waals surface area (Å²) < 4.78 is 0. The summed E-state index contributed by atoms with van der Waals surface area (Å²) in [7, 11) is 0. The van der Waals surface area contributed by atoms with Crippen LogP contribution in [0.25, 0.3) is 0 Å². The molecule has 2 bridgehead atoms. The highest BCUT2D eigenvalue weighted by Gasteiger charge is 2.57.